The Morgan fingerprint density at radius 3 is 2.52 bits per heavy atom. The molecule has 21 heavy (non-hydrogen) atoms. The van der Waals surface area contributed by atoms with Crippen LogP contribution in [0, 0.1) is 12.8 Å². The van der Waals surface area contributed by atoms with Crippen molar-refractivity contribution in [2.75, 3.05) is 19.8 Å². The van der Waals surface area contributed by atoms with Gasteiger partial charge in [0, 0.05) is 18.8 Å². The molecule has 0 aromatic heterocycles. The van der Waals surface area contributed by atoms with Gasteiger partial charge in [-0.05, 0) is 77.5 Å². The molecule has 0 bridgehead atoms. The molecule has 2 heteroatoms. The summed E-state index contributed by atoms with van der Waals surface area (Å²) in [7, 11) is 0. The summed E-state index contributed by atoms with van der Waals surface area (Å²) in [5, 5.41) is 3.66. The summed E-state index contributed by atoms with van der Waals surface area (Å²) in [6.07, 6.45) is 3.52. The highest BCUT2D eigenvalue weighted by Crippen LogP contribution is 2.18. The molecule has 0 saturated carbocycles. The smallest absolute Gasteiger partial charge is 0.0466 e. The molecule has 0 saturated heterocycles. The van der Waals surface area contributed by atoms with Crippen molar-refractivity contribution >= 4 is 0 Å². The maximum atomic E-state index is 5.48. The summed E-state index contributed by atoms with van der Waals surface area (Å²) < 4.78 is 5.48. The van der Waals surface area contributed by atoms with Crippen molar-refractivity contribution in [2.24, 2.45) is 5.92 Å². The average Bonchev–Trinajstić information content (AvgIpc) is 2.42. The van der Waals surface area contributed by atoms with Crippen LogP contribution in [-0.4, -0.2) is 25.3 Å². The molecule has 1 aromatic rings. The van der Waals surface area contributed by atoms with E-state index in [2.05, 4.69) is 64.2 Å². The minimum Gasteiger partial charge on any atom is -0.382 e. The van der Waals surface area contributed by atoms with Gasteiger partial charge in [0.05, 0.1) is 0 Å². The molecule has 2 nitrogen and oxygen atoms in total. The molecule has 1 unspecified atom stereocenters. The molecule has 1 aromatic carbocycles. The highest BCUT2D eigenvalue weighted by molar-refractivity contribution is 5.25. The Bertz CT molecular complexity index is 395. The van der Waals surface area contributed by atoms with Gasteiger partial charge in [0.2, 0.25) is 0 Å². The molecule has 0 aliphatic heterocycles. The van der Waals surface area contributed by atoms with Gasteiger partial charge in [-0.25, -0.2) is 0 Å². The third-order valence-electron chi connectivity index (χ3n) is 3.80. The first kappa shape index (κ1) is 18.2. The highest BCUT2D eigenvalue weighted by atomic mass is 16.5. The highest BCUT2D eigenvalue weighted by Gasteiger charge is 2.15. The van der Waals surface area contributed by atoms with E-state index in [0.717, 1.165) is 32.6 Å². The Morgan fingerprint density at radius 1 is 1.19 bits per heavy atom. The van der Waals surface area contributed by atoms with E-state index < -0.39 is 0 Å². The van der Waals surface area contributed by atoms with Gasteiger partial charge in [-0.15, -0.1) is 0 Å². The van der Waals surface area contributed by atoms with Gasteiger partial charge in [0.1, 0.15) is 0 Å². The van der Waals surface area contributed by atoms with Crippen molar-refractivity contribution in [3.63, 3.8) is 0 Å². The van der Waals surface area contributed by atoms with Crippen LogP contribution in [0.25, 0.3) is 0 Å². The second kappa shape index (κ2) is 9.22. The Balaban J connectivity index is 2.56. The molecular weight excluding hydrogens is 258 g/mol. The van der Waals surface area contributed by atoms with Crippen LogP contribution in [0.5, 0.6) is 0 Å². The topological polar surface area (TPSA) is 21.3 Å². The van der Waals surface area contributed by atoms with Crippen molar-refractivity contribution in [3.05, 3.63) is 35.4 Å². The van der Waals surface area contributed by atoms with Crippen molar-refractivity contribution in [3.8, 4) is 0 Å². The van der Waals surface area contributed by atoms with Crippen LogP contribution in [0.4, 0.5) is 0 Å². The van der Waals surface area contributed by atoms with Crippen LogP contribution in [0.1, 0.15) is 51.7 Å². The van der Waals surface area contributed by atoms with Crippen LogP contribution in [0.15, 0.2) is 24.3 Å². The molecule has 0 fully saturated rings. The van der Waals surface area contributed by atoms with E-state index in [4.69, 9.17) is 4.74 Å². The third kappa shape index (κ3) is 8.23. The van der Waals surface area contributed by atoms with Gasteiger partial charge < -0.3 is 10.1 Å². The van der Waals surface area contributed by atoms with Crippen LogP contribution in [0.3, 0.4) is 0 Å². The summed E-state index contributed by atoms with van der Waals surface area (Å²) >= 11 is 0. The number of rotatable bonds is 9. The summed E-state index contributed by atoms with van der Waals surface area (Å²) in [5.74, 6) is 0.672. The van der Waals surface area contributed by atoms with E-state index >= 15 is 0 Å². The fraction of sp³-hybridized carbons (Fsp3) is 0.684. The lowest BCUT2D eigenvalue weighted by Crippen LogP contribution is -2.39. The zero-order valence-electron chi connectivity index (χ0n) is 14.5. The van der Waals surface area contributed by atoms with Gasteiger partial charge >= 0.3 is 0 Å². The van der Waals surface area contributed by atoms with Crippen molar-refractivity contribution in [1.29, 1.82) is 0 Å². The normalized spacial score (nSPS) is 13.4. The maximum Gasteiger partial charge on any atom is 0.0466 e. The minimum absolute atomic E-state index is 0.184. The van der Waals surface area contributed by atoms with E-state index in [0.29, 0.717) is 5.92 Å². The Labute approximate surface area is 131 Å². The quantitative estimate of drug-likeness (QED) is 0.683. The summed E-state index contributed by atoms with van der Waals surface area (Å²) in [6.45, 7) is 13.8. The molecule has 1 atom stereocenters. The van der Waals surface area contributed by atoms with E-state index in [-0.39, 0.29) is 5.54 Å². The van der Waals surface area contributed by atoms with Crippen LogP contribution in [0.2, 0.25) is 0 Å². The number of nitrogens with one attached hydrogen (secondary N) is 1. The summed E-state index contributed by atoms with van der Waals surface area (Å²) in [5.41, 5.74) is 3.07. The van der Waals surface area contributed by atoms with Gasteiger partial charge in [-0.3, -0.25) is 0 Å². The average molecular weight is 291 g/mol. The lowest BCUT2D eigenvalue weighted by Gasteiger charge is -2.26. The molecule has 0 radical (unpaired) electrons. The second-order valence-electron chi connectivity index (χ2n) is 6.97. The number of ether oxygens (including phenoxy) is 1. The van der Waals surface area contributed by atoms with Crippen LogP contribution < -0.4 is 5.32 Å². The molecular formula is C19H33NO. The number of hydrogen-bond donors (Lipinski definition) is 1. The minimum atomic E-state index is 0.184. The summed E-state index contributed by atoms with van der Waals surface area (Å²) in [4.78, 5) is 0. The van der Waals surface area contributed by atoms with Gasteiger partial charge in [0.25, 0.3) is 0 Å². The standard InChI is InChI=1S/C19H33NO/c1-6-21-13-9-11-17(15-20-19(3,4)5)14-18-12-8-7-10-16(18)2/h7-8,10,12,17,20H,6,9,11,13-15H2,1-5H3. The Hall–Kier alpha value is -0.860. The molecule has 0 aliphatic rings. The molecule has 120 valence electrons. The Kier molecular flexibility index (Phi) is 7.98. The number of hydrogen-bond acceptors (Lipinski definition) is 2. The lowest BCUT2D eigenvalue weighted by atomic mass is 9.91. The summed E-state index contributed by atoms with van der Waals surface area (Å²) in [6, 6.07) is 8.75. The van der Waals surface area contributed by atoms with Crippen molar-refractivity contribution in [1.82, 2.24) is 5.32 Å². The second-order valence-corrected chi connectivity index (χ2v) is 6.97. The predicted octanol–water partition coefficient (Wildman–Crippen LogP) is 4.36. The fourth-order valence-corrected chi connectivity index (χ4v) is 2.50. The molecule has 1 N–H and O–H groups in total. The SMILES string of the molecule is CCOCCCC(CNC(C)(C)C)Cc1ccccc1C. The van der Waals surface area contributed by atoms with Crippen LogP contribution >= 0.6 is 0 Å². The predicted molar refractivity (Wildman–Crippen MR) is 91.9 cm³/mol. The zero-order valence-corrected chi connectivity index (χ0v) is 14.5. The van der Waals surface area contributed by atoms with E-state index in [9.17, 15) is 0 Å². The van der Waals surface area contributed by atoms with Gasteiger partial charge in [0.15, 0.2) is 0 Å². The maximum absolute atomic E-state index is 5.48. The number of aryl methyl sites for hydroxylation is 1. The van der Waals surface area contributed by atoms with E-state index in [1.54, 1.807) is 0 Å². The molecule has 0 spiro atoms. The first-order chi connectivity index (χ1) is 9.92. The Morgan fingerprint density at radius 2 is 1.90 bits per heavy atom. The zero-order chi connectivity index (χ0) is 15.7. The first-order valence-electron chi connectivity index (χ1n) is 8.29. The van der Waals surface area contributed by atoms with Gasteiger partial charge in [-0.1, -0.05) is 24.3 Å². The van der Waals surface area contributed by atoms with E-state index in [1.165, 1.54) is 17.5 Å². The molecule has 0 heterocycles. The van der Waals surface area contributed by atoms with Crippen molar-refractivity contribution < 1.29 is 4.74 Å². The number of benzene rings is 1. The van der Waals surface area contributed by atoms with E-state index in [1.807, 2.05) is 0 Å². The molecule has 0 amide bonds. The lowest BCUT2D eigenvalue weighted by molar-refractivity contribution is 0.138. The first-order valence-corrected chi connectivity index (χ1v) is 8.29. The third-order valence-corrected chi connectivity index (χ3v) is 3.80. The van der Waals surface area contributed by atoms with Crippen LogP contribution in [-0.2, 0) is 11.2 Å². The van der Waals surface area contributed by atoms with Crippen molar-refractivity contribution in [2.45, 2.75) is 59.4 Å². The largest absolute Gasteiger partial charge is 0.382 e. The monoisotopic (exact) mass is 291 g/mol. The fourth-order valence-electron chi connectivity index (χ4n) is 2.50. The molecule has 0 aliphatic carbocycles. The van der Waals surface area contributed by atoms with Gasteiger partial charge in [-0.2, -0.15) is 0 Å². The molecule has 1 rings (SSSR count).